The minimum absolute atomic E-state index is 0.0143. The molecule has 4 N–H and O–H groups in total. The first-order valence-corrected chi connectivity index (χ1v) is 17.0. The molecule has 4 aromatic rings. The number of carbonyl (C=O) groups is 1. The molecule has 2 aromatic carbocycles. The topological polar surface area (TPSA) is 133 Å². The van der Waals surface area contributed by atoms with Gasteiger partial charge in [-0.2, -0.15) is 10.2 Å². The van der Waals surface area contributed by atoms with Crippen molar-refractivity contribution < 1.29 is 24.2 Å². The van der Waals surface area contributed by atoms with Gasteiger partial charge in [-0.1, -0.05) is 69.5 Å². The van der Waals surface area contributed by atoms with Gasteiger partial charge in [0.2, 0.25) is 11.8 Å². The van der Waals surface area contributed by atoms with Crippen molar-refractivity contribution in [3.63, 3.8) is 0 Å². The lowest BCUT2D eigenvalue weighted by atomic mass is 9.86. The SMILES string of the molecule is C/C(=C\c1cc(F)c(C2CCCCC(COc3cc(-c4c(C)cccc4C)nc(NN(O)c4cccc(C(=O)O)c4)n3)N2)nc1C)C(C)(C)C. The van der Waals surface area contributed by atoms with Crippen molar-refractivity contribution >= 4 is 23.7 Å². The number of carboxylic acids is 1. The third kappa shape index (κ3) is 8.83. The number of allylic oxidation sites excluding steroid dienone is 1. The highest BCUT2D eigenvalue weighted by Crippen LogP contribution is 2.32. The van der Waals surface area contributed by atoms with Gasteiger partial charge in [-0.3, -0.25) is 10.2 Å². The first kappa shape index (κ1) is 36.4. The number of hydrogen-bond donors (Lipinski definition) is 4. The average Bonchev–Trinajstić information content (AvgIpc) is 3.30. The summed E-state index contributed by atoms with van der Waals surface area (Å²) in [7, 11) is 0. The number of aromatic carboxylic acids is 1. The number of anilines is 2. The zero-order chi connectivity index (χ0) is 36.2. The quantitative estimate of drug-likeness (QED) is 0.121. The number of ether oxygens (including phenoxy) is 1. The highest BCUT2D eigenvalue weighted by molar-refractivity contribution is 5.88. The van der Waals surface area contributed by atoms with E-state index in [0.717, 1.165) is 59.2 Å². The first-order valence-electron chi connectivity index (χ1n) is 17.0. The number of carboxylic acid groups (broad SMARTS) is 1. The van der Waals surface area contributed by atoms with Crippen LogP contribution < -0.4 is 20.7 Å². The Bertz CT molecular complexity index is 1870. The van der Waals surface area contributed by atoms with E-state index in [0.29, 0.717) is 16.6 Å². The highest BCUT2D eigenvalue weighted by Gasteiger charge is 2.26. The lowest BCUT2D eigenvalue weighted by Crippen LogP contribution is -2.37. The number of rotatable bonds is 10. The summed E-state index contributed by atoms with van der Waals surface area (Å²) in [6.07, 6.45) is 5.47. The van der Waals surface area contributed by atoms with Crippen LogP contribution in [0.5, 0.6) is 5.88 Å². The Morgan fingerprint density at radius 2 is 1.74 bits per heavy atom. The number of pyridine rings is 1. The number of hydrogen-bond acceptors (Lipinski definition) is 9. The summed E-state index contributed by atoms with van der Waals surface area (Å²) >= 11 is 0. The van der Waals surface area contributed by atoms with E-state index in [-0.39, 0.29) is 53.0 Å². The van der Waals surface area contributed by atoms with E-state index in [9.17, 15) is 15.1 Å². The van der Waals surface area contributed by atoms with E-state index in [4.69, 9.17) is 9.72 Å². The summed E-state index contributed by atoms with van der Waals surface area (Å²) in [6, 6.07) is 14.8. The molecular weight excluding hydrogens is 635 g/mol. The number of aryl methyl sites for hydroxylation is 3. The predicted molar refractivity (Wildman–Crippen MR) is 194 cm³/mol. The highest BCUT2D eigenvalue weighted by atomic mass is 19.1. The van der Waals surface area contributed by atoms with Crippen molar-refractivity contribution in [2.75, 3.05) is 17.2 Å². The third-order valence-corrected chi connectivity index (χ3v) is 9.27. The van der Waals surface area contributed by atoms with Crippen LogP contribution in [-0.2, 0) is 0 Å². The number of nitrogens with one attached hydrogen (secondary N) is 2. The molecular formula is C39H47FN6O4. The Labute approximate surface area is 293 Å². The van der Waals surface area contributed by atoms with Crippen molar-refractivity contribution in [3.05, 3.63) is 99.6 Å². The maximum Gasteiger partial charge on any atom is 0.335 e. The fraction of sp³-hybridized carbons (Fsp3) is 0.385. The van der Waals surface area contributed by atoms with E-state index in [2.05, 4.69) is 48.4 Å². The van der Waals surface area contributed by atoms with Crippen LogP contribution in [0.2, 0.25) is 0 Å². The molecule has 264 valence electrons. The average molecular weight is 683 g/mol. The van der Waals surface area contributed by atoms with E-state index in [1.807, 2.05) is 45.0 Å². The Balaban J connectivity index is 1.38. The number of hydrazine groups is 1. The zero-order valence-corrected chi connectivity index (χ0v) is 29.8. The number of nitrogens with zero attached hydrogens (tertiary/aromatic N) is 4. The van der Waals surface area contributed by atoms with Gasteiger partial charge in [0.25, 0.3) is 0 Å². The molecule has 11 heteroatoms. The van der Waals surface area contributed by atoms with Crippen LogP contribution in [0.25, 0.3) is 17.3 Å². The van der Waals surface area contributed by atoms with Crippen LogP contribution in [0.3, 0.4) is 0 Å². The zero-order valence-electron chi connectivity index (χ0n) is 29.8. The van der Waals surface area contributed by atoms with Gasteiger partial charge in [0, 0.05) is 23.4 Å². The van der Waals surface area contributed by atoms with E-state index in [1.165, 1.54) is 18.2 Å². The largest absolute Gasteiger partial charge is 0.478 e. The fourth-order valence-corrected chi connectivity index (χ4v) is 6.00. The summed E-state index contributed by atoms with van der Waals surface area (Å²) in [6.45, 7) is 14.6. The smallest absolute Gasteiger partial charge is 0.335 e. The predicted octanol–water partition coefficient (Wildman–Crippen LogP) is 8.63. The molecule has 1 fully saturated rings. The molecule has 0 aliphatic carbocycles. The summed E-state index contributed by atoms with van der Waals surface area (Å²) in [4.78, 5) is 25.5. The Morgan fingerprint density at radius 1 is 1.04 bits per heavy atom. The summed E-state index contributed by atoms with van der Waals surface area (Å²) in [5, 5.41) is 24.5. The second-order valence-electron chi connectivity index (χ2n) is 14.1. The summed E-state index contributed by atoms with van der Waals surface area (Å²) in [5.41, 5.74) is 9.57. The molecule has 2 atom stereocenters. The molecule has 0 saturated carbocycles. The summed E-state index contributed by atoms with van der Waals surface area (Å²) in [5.74, 6) is -1.11. The molecule has 2 aromatic heterocycles. The van der Waals surface area contributed by atoms with Crippen molar-refractivity contribution in [3.8, 4) is 17.1 Å². The van der Waals surface area contributed by atoms with Crippen molar-refractivity contribution in [2.45, 2.75) is 86.2 Å². The second-order valence-corrected chi connectivity index (χ2v) is 14.1. The number of aromatic nitrogens is 3. The molecule has 0 amide bonds. The van der Waals surface area contributed by atoms with Crippen LogP contribution in [0, 0.1) is 32.0 Å². The minimum atomic E-state index is -1.12. The minimum Gasteiger partial charge on any atom is -0.478 e. The molecule has 1 saturated heterocycles. The van der Waals surface area contributed by atoms with Crippen LogP contribution in [0.15, 0.2) is 60.2 Å². The first-order chi connectivity index (χ1) is 23.7. The van der Waals surface area contributed by atoms with Gasteiger partial charge in [0.1, 0.15) is 12.4 Å². The van der Waals surface area contributed by atoms with Crippen molar-refractivity contribution in [1.82, 2.24) is 20.3 Å². The van der Waals surface area contributed by atoms with Gasteiger partial charge in [-0.15, -0.1) is 0 Å². The van der Waals surface area contributed by atoms with Gasteiger partial charge < -0.3 is 15.2 Å². The second kappa shape index (κ2) is 15.3. The Kier molecular flexibility index (Phi) is 11.2. The molecule has 10 nitrogen and oxygen atoms in total. The molecule has 5 rings (SSSR count). The van der Waals surface area contributed by atoms with Gasteiger partial charge >= 0.3 is 5.97 Å². The van der Waals surface area contributed by atoms with Gasteiger partial charge in [-0.05, 0) is 86.9 Å². The Hall–Kier alpha value is -4.87. The fourth-order valence-electron chi connectivity index (χ4n) is 6.00. The monoisotopic (exact) mass is 682 g/mol. The molecule has 0 bridgehead atoms. The molecule has 0 spiro atoms. The standard InChI is InChI=1S/C39H47FN6O4/c1-23-12-10-13-24(2)35(23)33-21-34(44-38(43-33)45-46(49)30-16-11-14-27(19-30)37(47)48)50-22-29-15-8-9-17-32(42-29)36-31(40)20-28(26(4)41-36)18-25(3)39(5,6)7/h10-14,16,18-21,29,32,42,49H,8-9,15,17,22H2,1-7H3,(H,47,48)(H,43,44,45)/b25-18+. The normalized spacial score (nSPS) is 16.9. The van der Waals surface area contributed by atoms with Crippen molar-refractivity contribution in [1.29, 1.82) is 0 Å². The van der Waals surface area contributed by atoms with Crippen LogP contribution in [0.1, 0.15) is 97.9 Å². The number of halogens is 1. The van der Waals surface area contributed by atoms with Crippen LogP contribution in [0.4, 0.5) is 16.0 Å². The van der Waals surface area contributed by atoms with E-state index < -0.39 is 5.97 Å². The maximum absolute atomic E-state index is 15.6. The van der Waals surface area contributed by atoms with Crippen LogP contribution >= 0.6 is 0 Å². The molecule has 0 radical (unpaired) electrons. The lowest BCUT2D eigenvalue weighted by Gasteiger charge is -2.24. The third-order valence-electron chi connectivity index (χ3n) is 9.27. The molecule has 3 heterocycles. The lowest BCUT2D eigenvalue weighted by molar-refractivity contribution is 0.0697. The summed E-state index contributed by atoms with van der Waals surface area (Å²) < 4.78 is 21.9. The van der Waals surface area contributed by atoms with Gasteiger partial charge in [-0.25, -0.2) is 19.6 Å². The maximum atomic E-state index is 15.6. The molecule has 1 aliphatic heterocycles. The van der Waals surface area contributed by atoms with Gasteiger partial charge in [0.05, 0.1) is 28.7 Å². The molecule has 1 aliphatic rings. The van der Waals surface area contributed by atoms with Gasteiger partial charge in [0.15, 0.2) is 0 Å². The van der Waals surface area contributed by atoms with E-state index in [1.54, 1.807) is 18.2 Å². The van der Waals surface area contributed by atoms with Crippen LogP contribution in [-0.4, -0.2) is 43.9 Å². The van der Waals surface area contributed by atoms with Crippen molar-refractivity contribution in [2.24, 2.45) is 5.41 Å². The molecule has 2 unspecified atom stereocenters. The number of benzene rings is 2. The molecule has 50 heavy (non-hydrogen) atoms. The Morgan fingerprint density at radius 3 is 2.44 bits per heavy atom. The van der Waals surface area contributed by atoms with E-state index >= 15 is 4.39 Å².